The van der Waals surface area contributed by atoms with E-state index in [1.807, 2.05) is 0 Å². The fourth-order valence-corrected chi connectivity index (χ4v) is 1.93. The van der Waals surface area contributed by atoms with E-state index in [4.69, 9.17) is 15.7 Å². The predicted molar refractivity (Wildman–Crippen MR) is 75.1 cm³/mol. The summed E-state index contributed by atoms with van der Waals surface area (Å²) in [6, 6.07) is 11.0. The first-order valence-electron chi connectivity index (χ1n) is 6.06. The van der Waals surface area contributed by atoms with Crippen LogP contribution < -0.4 is 10.5 Å². The Hall–Kier alpha value is -3.20. The average Bonchev–Trinajstić information content (AvgIpc) is 2.48. The molecular weight excluding hydrogens is 271 g/mol. The van der Waals surface area contributed by atoms with E-state index >= 15 is 0 Å². The maximum atomic E-state index is 13.6. The van der Waals surface area contributed by atoms with Gasteiger partial charge in [-0.25, -0.2) is 14.4 Å². The molecule has 0 aliphatic carbocycles. The largest absolute Gasteiger partial charge is 0.437 e. The first kappa shape index (κ1) is 12.8. The zero-order valence-corrected chi connectivity index (χ0v) is 10.7. The Labute approximate surface area is 119 Å². The normalized spacial score (nSPS) is 10.3. The average molecular weight is 280 g/mol. The number of hydrogen-bond acceptors (Lipinski definition) is 5. The van der Waals surface area contributed by atoms with Crippen LogP contribution in [0.1, 0.15) is 5.56 Å². The first-order chi connectivity index (χ1) is 10.2. The number of nitrogen functional groups attached to an aromatic ring is 1. The first-order valence-corrected chi connectivity index (χ1v) is 6.06. The Kier molecular flexibility index (Phi) is 3.09. The van der Waals surface area contributed by atoms with Gasteiger partial charge in [0.05, 0.1) is 10.9 Å². The number of nitrogens with zero attached hydrogens (tertiary/aromatic N) is 3. The number of nitrogens with two attached hydrogens (primary N) is 1. The molecule has 0 spiro atoms. The Morgan fingerprint density at radius 2 is 2.05 bits per heavy atom. The molecule has 0 atom stereocenters. The third kappa shape index (κ3) is 2.32. The van der Waals surface area contributed by atoms with E-state index in [9.17, 15) is 4.39 Å². The van der Waals surface area contributed by atoms with Crippen LogP contribution in [0.3, 0.4) is 0 Å². The van der Waals surface area contributed by atoms with Crippen LogP contribution in [0.25, 0.3) is 10.9 Å². The van der Waals surface area contributed by atoms with Crippen LogP contribution in [0.2, 0.25) is 0 Å². The summed E-state index contributed by atoms with van der Waals surface area (Å²) in [5, 5.41) is 9.60. The lowest BCUT2D eigenvalue weighted by molar-refractivity contribution is 0.461. The van der Waals surface area contributed by atoms with E-state index in [0.29, 0.717) is 16.6 Å². The second-order valence-corrected chi connectivity index (χ2v) is 4.28. The highest BCUT2D eigenvalue weighted by Gasteiger charge is 2.12. The summed E-state index contributed by atoms with van der Waals surface area (Å²) < 4.78 is 19.2. The summed E-state index contributed by atoms with van der Waals surface area (Å²) >= 11 is 0. The lowest BCUT2D eigenvalue weighted by Crippen LogP contribution is -1.96. The Morgan fingerprint density at radius 3 is 2.86 bits per heavy atom. The molecule has 0 fully saturated rings. The fourth-order valence-electron chi connectivity index (χ4n) is 1.93. The van der Waals surface area contributed by atoms with Crippen molar-refractivity contribution < 1.29 is 9.13 Å². The maximum absolute atomic E-state index is 13.6. The van der Waals surface area contributed by atoms with Gasteiger partial charge in [-0.2, -0.15) is 5.26 Å². The molecule has 2 N–H and O–H groups in total. The van der Waals surface area contributed by atoms with Crippen molar-refractivity contribution in [2.75, 3.05) is 5.73 Å². The van der Waals surface area contributed by atoms with Gasteiger partial charge in [-0.3, -0.25) is 0 Å². The van der Waals surface area contributed by atoms with Gasteiger partial charge in [-0.05, 0) is 30.3 Å². The van der Waals surface area contributed by atoms with E-state index in [-0.39, 0.29) is 17.2 Å². The van der Waals surface area contributed by atoms with Gasteiger partial charge in [0.15, 0.2) is 0 Å². The Morgan fingerprint density at radius 1 is 1.19 bits per heavy atom. The number of anilines is 1. The van der Waals surface area contributed by atoms with Crippen molar-refractivity contribution in [2.24, 2.45) is 0 Å². The summed E-state index contributed by atoms with van der Waals surface area (Å²) in [7, 11) is 0. The van der Waals surface area contributed by atoms with Gasteiger partial charge in [-0.15, -0.1) is 0 Å². The molecule has 0 saturated heterocycles. The number of halogens is 1. The van der Waals surface area contributed by atoms with Crippen molar-refractivity contribution in [3.8, 4) is 17.7 Å². The van der Waals surface area contributed by atoms with Crippen molar-refractivity contribution in [1.29, 1.82) is 5.26 Å². The second kappa shape index (κ2) is 5.06. The highest BCUT2D eigenvalue weighted by molar-refractivity contribution is 5.86. The minimum atomic E-state index is -0.645. The SMILES string of the molecule is N#Cc1c(F)cccc1Oc1ncnc2ccc(N)cc12. The molecule has 0 aliphatic heterocycles. The molecule has 0 aliphatic rings. The van der Waals surface area contributed by atoms with Crippen molar-refractivity contribution >= 4 is 16.6 Å². The van der Waals surface area contributed by atoms with Gasteiger partial charge in [0.2, 0.25) is 5.88 Å². The molecule has 3 aromatic rings. The van der Waals surface area contributed by atoms with E-state index in [1.54, 1.807) is 24.3 Å². The van der Waals surface area contributed by atoms with Crippen LogP contribution in [0.4, 0.5) is 10.1 Å². The van der Waals surface area contributed by atoms with Gasteiger partial charge in [-0.1, -0.05) is 6.07 Å². The second-order valence-electron chi connectivity index (χ2n) is 4.28. The molecule has 21 heavy (non-hydrogen) atoms. The number of ether oxygens (including phenoxy) is 1. The highest BCUT2D eigenvalue weighted by Crippen LogP contribution is 2.30. The Balaban J connectivity index is 2.13. The fraction of sp³-hybridized carbons (Fsp3) is 0. The zero-order valence-electron chi connectivity index (χ0n) is 10.7. The molecule has 0 bridgehead atoms. The molecule has 102 valence electrons. The molecule has 0 amide bonds. The molecule has 6 heteroatoms. The number of rotatable bonds is 2. The number of hydrogen-bond donors (Lipinski definition) is 1. The molecule has 0 saturated carbocycles. The lowest BCUT2D eigenvalue weighted by atomic mass is 10.2. The molecule has 3 rings (SSSR count). The minimum Gasteiger partial charge on any atom is -0.437 e. The summed E-state index contributed by atoms with van der Waals surface area (Å²) in [6.07, 6.45) is 1.33. The molecule has 2 aromatic carbocycles. The maximum Gasteiger partial charge on any atom is 0.230 e. The van der Waals surface area contributed by atoms with Gasteiger partial charge in [0.1, 0.15) is 29.5 Å². The molecule has 5 nitrogen and oxygen atoms in total. The summed E-state index contributed by atoms with van der Waals surface area (Å²) in [6.45, 7) is 0. The van der Waals surface area contributed by atoms with Gasteiger partial charge < -0.3 is 10.5 Å². The van der Waals surface area contributed by atoms with Crippen molar-refractivity contribution in [1.82, 2.24) is 9.97 Å². The van der Waals surface area contributed by atoms with Crippen LogP contribution >= 0.6 is 0 Å². The van der Waals surface area contributed by atoms with E-state index in [0.717, 1.165) is 0 Å². The van der Waals surface area contributed by atoms with E-state index < -0.39 is 5.82 Å². The number of fused-ring (bicyclic) bond motifs is 1. The summed E-state index contributed by atoms with van der Waals surface area (Å²) in [5.74, 6) is -0.331. The summed E-state index contributed by atoms with van der Waals surface area (Å²) in [5.41, 5.74) is 6.74. The molecular formula is C15H9FN4O. The van der Waals surface area contributed by atoms with Gasteiger partial charge in [0.25, 0.3) is 0 Å². The van der Waals surface area contributed by atoms with Crippen molar-refractivity contribution in [3.05, 3.63) is 54.1 Å². The molecule has 0 unspecified atom stereocenters. The number of nitriles is 1. The predicted octanol–water partition coefficient (Wildman–Crippen LogP) is 3.02. The van der Waals surface area contributed by atoms with E-state index in [2.05, 4.69) is 9.97 Å². The third-order valence-electron chi connectivity index (χ3n) is 2.92. The topological polar surface area (TPSA) is 84.8 Å². The van der Waals surface area contributed by atoms with Crippen LogP contribution in [-0.4, -0.2) is 9.97 Å². The minimum absolute atomic E-state index is 0.0972. The van der Waals surface area contributed by atoms with Crippen molar-refractivity contribution in [2.45, 2.75) is 0 Å². The van der Waals surface area contributed by atoms with E-state index in [1.165, 1.54) is 24.5 Å². The summed E-state index contributed by atoms with van der Waals surface area (Å²) in [4.78, 5) is 8.13. The van der Waals surface area contributed by atoms with Gasteiger partial charge in [0, 0.05) is 5.69 Å². The molecule has 0 radical (unpaired) electrons. The van der Waals surface area contributed by atoms with Crippen LogP contribution in [0.5, 0.6) is 11.6 Å². The van der Waals surface area contributed by atoms with Crippen molar-refractivity contribution in [3.63, 3.8) is 0 Å². The van der Waals surface area contributed by atoms with Crippen LogP contribution in [-0.2, 0) is 0 Å². The monoisotopic (exact) mass is 280 g/mol. The molecule has 1 aromatic heterocycles. The zero-order chi connectivity index (χ0) is 14.8. The third-order valence-corrected chi connectivity index (χ3v) is 2.92. The lowest BCUT2D eigenvalue weighted by Gasteiger charge is -2.09. The standard InChI is InChI=1S/C15H9FN4O/c16-12-2-1-3-14(11(12)7-17)21-15-10-6-9(18)4-5-13(10)19-8-20-15/h1-6,8H,18H2. The quantitative estimate of drug-likeness (QED) is 0.729. The van der Waals surface area contributed by atoms with Crippen LogP contribution in [0.15, 0.2) is 42.7 Å². The van der Waals surface area contributed by atoms with Gasteiger partial charge >= 0.3 is 0 Å². The van der Waals surface area contributed by atoms with Crippen LogP contribution in [0, 0.1) is 17.1 Å². The molecule has 1 heterocycles. The highest BCUT2D eigenvalue weighted by atomic mass is 19.1. The number of benzene rings is 2. The number of aromatic nitrogens is 2. The Bertz CT molecular complexity index is 873. The smallest absolute Gasteiger partial charge is 0.230 e.